The van der Waals surface area contributed by atoms with Gasteiger partial charge in [-0.3, -0.25) is 14.3 Å². The van der Waals surface area contributed by atoms with Crippen molar-refractivity contribution in [1.82, 2.24) is 14.5 Å². The number of fused-ring (bicyclic) bond motifs is 2. The number of piperidine rings is 1. The van der Waals surface area contributed by atoms with E-state index >= 15 is 0 Å². The lowest BCUT2D eigenvalue weighted by atomic mass is 9.93. The summed E-state index contributed by atoms with van der Waals surface area (Å²) in [5.41, 5.74) is 0.679. The first kappa shape index (κ1) is 14.8. The molecule has 2 aliphatic heterocycles. The average molecular weight is 315 g/mol. The van der Waals surface area contributed by atoms with Gasteiger partial charge in [0.15, 0.2) is 0 Å². The molecule has 0 saturated carbocycles. The standard InChI is InChI=1S/C17H21N3O3/c21-16-6-3-7-19-11-23-12(8-15(16)19)9-20-10-18-14-5-2-1-4-13(14)17(20)22/h1-2,4-5,10,12,15-16,21H,3,6-9,11H2/t12-,15+,16-/m0/s1. The number of para-hydroxylation sites is 1. The zero-order valence-electron chi connectivity index (χ0n) is 13.0. The molecule has 0 amide bonds. The Balaban J connectivity index is 1.54. The zero-order valence-corrected chi connectivity index (χ0v) is 13.0. The molecular formula is C17H21N3O3. The summed E-state index contributed by atoms with van der Waals surface area (Å²) in [6, 6.07) is 7.52. The lowest BCUT2D eigenvalue weighted by Crippen LogP contribution is -2.55. The molecule has 0 bridgehead atoms. The van der Waals surface area contributed by atoms with E-state index in [1.165, 1.54) is 0 Å². The summed E-state index contributed by atoms with van der Waals surface area (Å²) in [7, 11) is 0. The molecule has 3 heterocycles. The number of hydrogen-bond acceptors (Lipinski definition) is 5. The molecular weight excluding hydrogens is 294 g/mol. The Kier molecular flexibility index (Phi) is 3.88. The van der Waals surface area contributed by atoms with Crippen molar-refractivity contribution in [2.75, 3.05) is 13.3 Å². The van der Waals surface area contributed by atoms with Crippen LogP contribution in [0.15, 0.2) is 35.4 Å². The maximum atomic E-state index is 12.6. The van der Waals surface area contributed by atoms with Crippen LogP contribution < -0.4 is 5.56 Å². The summed E-state index contributed by atoms with van der Waals surface area (Å²) in [5, 5.41) is 10.8. The third-order valence-electron chi connectivity index (χ3n) is 4.97. The highest BCUT2D eigenvalue weighted by atomic mass is 16.5. The molecule has 1 N–H and O–H groups in total. The molecule has 122 valence electrons. The van der Waals surface area contributed by atoms with Crippen LogP contribution in [0.4, 0.5) is 0 Å². The Hall–Kier alpha value is -1.76. The van der Waals surface area contributed by atoms with Crippen LogP contribution in [-0.2, 0) is 11.3 Å². The Morgan fingerprint density at radius 3 is 3.13 bits per heavy atom. The van der Waals surface area contributed by atoms with Gasteiger partial charge < -0.3 is 9.84 Å². The van der Waals surface area contributed by atoms with Crippen molar-refractivity contribution in [3.05, 3.63) is 40.9 Å². The Labute approximate surface area is 134 Å². The maximum absolute atomic E-state index is 12.6. The van der Waals surface area contributed by atoms with Gasteiger partial charge in [0.25, 0.3) is 5.56 Å². The normalized spacial score (nSPS) is 28.7. The second-order valence-corrected chi connectivity index (χ2v) is 6.46. The van der Waals surface area contributed by atoms with Crippen LogP contribution in [0.1, 0.15) is 19.3 Å². The molecule has 2 saturated heterocycles. The van der Waals surface area contributed by atoms with Gasteiger partial charge in [0, 0.05) is 12.6 Å². The van der Waals surface area contributed by atoms with E-state index in [0.29, 0.717) is 24.2 Å². The number of aromatic nitrogens is 2. The van der Waals surface area contributed by atoms with Crippen molar-refractivity contribution in [1.29, 1.82) is 0 Å². The van der Waals surface area contributed by atoms with Gasteiger partial charge in [0.05, 0.1) is 42.7 Å². The minimum Gasteiger partial charge on any atom is -0.391 e. The summed E-state index contributed by atoms with van der Waals surface area (Å²) < 4.78 is 7.52. The van der Waals surface area contributed by atoms with Crippen molar-refractivity contribution < 1.29 is 9.84 Å². The smallest absolute Gasteiger partial charge is 0.261 e. The van der Waals surface area contributed by atoms with Gasteiger partial charge in [-0.05, 0) is 31.4 Å². The molecule has 0 radical (unpaired) electrons. The number of rotatable bonds is 2. The van der Waals surface area contributed by atoms with Gasteiger partial charge in [0.1, 0.15) is 0 Å². The minimum absolute atomic E-state index is 0.0363. The third kappa shape index (κ3) is 2.78. The molecule has 0 unspecified atom stereocenters. The fourth-order valence-corrected chi connectivity index (χ4v) is 3.69. The second kappa shape index (κ2) is 6.03. The second-order valence-electron chi connectivity index (χ2n) is 6.46. The van der Waals surface area contributed by atoms with Crippen LogP contribution in [0.2, 0.25) is 0 Å². The van der Waals surface area contributed by atoms with Crippen LogP contribution in [0.3, 0.4) is 0 Å². The number of hydrogen-bond donors (Lipinski definition) is 1. The van der Waals surface area contributed by atoms with Crippen LogP contribution in [0, 0.1) is 0 Å². The van der Waals surface area contributed by atoms with E-state index in [0.717, 1.165) is 25.8 Å². The highest BCUT2D eigenvalue weighted by Gasteiger charge is 2.36. The van der Waals surface area contributed by atoms with Crippen molar-refractivity contribution >= 4 is 10.9 Å². The van der Waals surface area contributed by atoms with E-state index < -0.39 is 0 Å². The summed E-state index contributed by atoms with van der Waals surface area (Å²) >= 11 is 0. The fraction of sp³-hybridized carbons (Fsp3) is 0.529. The van der Waals surface area contributed by atoms with Gasteiger partial charge in [-0.15, -0.1) is 0 Å². The number of ether oxygens (including phenoxy) is 1. The molecule has 0 spiro atoms. The predicted octanol–water partition coefficient (Wildman–Crippen LogP) is 0.968. The molecule has 23 heavy (non-hydrogen) atoms. The van der Waals surface area contributed by atoms with Crippen molar-refractivity contribution in [3.8, 4) is 0 Å². The van der Waals surface area contributed by atoms with E-state index in [1.807, 2.05) is 18.2 Å². The van der Waals surface area contributed by atoms with Gasteiger partial charge in [-0.25, -0.2) is 4.98 Å². The van der Waals surface area contributed by atoms with Crippen LogP contribution in [0.5, 0.6) is 0 Å². The molecule has 1 aromatic heterocycles. The number of aliphatic hydroxyl groups is 1. The van der Waals surface area contributed by atoms with Crippen LogP contribution in [-0.4, -0.2) is 51.1 Å². The molecule has 4 rings (SSSR count). The predicted molar refractivity (Wildman–Crippen MR) is 86.1 cm³/mol. The van der Waals surface area contributed by atoms with E-state index in [9.17, 15) is 9.90 Å². The molecule has 1 aromatic carbocycles. The van der Waals surface area contributed by atoms with Crippen molar-refractivity contribution in [2.24, 2.45) is 0 Å². The van der Waals surface area contributed by atoms with E-state index in [-0.39, 0.29) is 23.8 Å². The Morgan fingerprint density at radius 2 is 2.22 bits per heavy atom. The molecule has 6 heteroatoms. The van der Waals surface area contributed by atoms with Gasteiger partial charge in [0.2, 0.25) is 0 Å². The van der Waals surface area contributed by atoms with Gasteiger partial charge in [-0.1, -0.05) is 12.1 Å². The number of aliphatic hydroxyl groups excluding tert-OH is 1. The lowest BCUT2D eigenvalue weighted by Gasteiger charge is -2.44. The lowest BCUT2D eigenvalue weighted by molar-refractivity contribution is -0.141. The number of nitrogens with zero attached hydrogens (tertiary/aromatic N) is 3. The topological polar surface area (TPSA) is 67.6 Å². The maximum Gasteiger partial charge on any atom is 0.261 e. The molecule has 0 aliphatic carbocycles. The number of benzene rings is 1. The molecule has 3 atom stereocenters. The van der Waals surface area contributed by atoms with Crippen LogP contribution in [0.25, 0.3) is 10.9 Å². The highest BCUT2D eigenvalue weighted by Crippen LogP contribution is 2.26. The SMILES string of the molecule is O=c1c2ccccc2ncn1C[C@@H]1C[C@@H]2[C@@H](O)CCCN2CO1. The third-order valence-corrected chi connectivity index (χ3v) is 4.97. The summed E-state index contributed by atoms with van der Waals surface area (Å²) in [6.45, 7) is 1.99. The Bertz CT molecular complexity index is 760. The summed E-state index contributed by atoms with van der Waals surface area (Å²) in [4.78, 5) is 19.1. The first-order valence-corrected chi connectivity index (χ1v) is 8.20. The van der Waals surface area contributed by atoms with E-state index in [4.69, 9.17) is 4.74 Å². The quantitative estimate of drug-likeness (QED) is 0.894. The monoisotopic (exact) mass is 315 g/mol. The molecule has 2 aromatic rings. The molecule has 2 fully saturated rings. The van der Waals surface area contributed by atoms with Crippen molar-refractivity contribution in [3.63, 3.8) is 0 Å². The van der Waals surface area contributed by atoms with Crippen molar-refractivity contribution in [2.45, 2.75) is 44.1 Å². The molecule has 6 nitrogen and oxygen atoms in total. The average Bonchev–Trinajstić information content (AvgIpc) is 2.58. The highest BCUT2D eigenvalue weighted by molar-refractivity contribution is 5.76. The largest absolute Gasteiger partial charge is 0.391 e. The molecule has 2 aliphatic rings. The first-order valence-electron chi connectivity index (χ1n) is 8.20. The fourth-order valence-electron chi connectivity index (χ4n) is 3.69. The Morgan fingerprint density at radius 1 is 1.35 bits per heavy atom. The summed E-state index contributed by atoms with van der Waals surface area (Å²) in [6.07, 6.45) is 3.86. The van der Waals surface area contributed by atoms with Crippen LogP contribution >= 0.6 is 0 Å². The first-order chi connectivity index (χ1) is 11.2. The van der Waals surface area contributed by atoms with E-state index in [2.05, 4.69) is 9.88 Å². The van der Waals surface area contributed by atoms with Gasteiger partial charge >= 0.3 is 0 Å². The summed E-state index contributed by atoms with van der Waals surface area (Å²) in [5.74, 6) is 0. The van der Waals surface area contributed by atoms with Gasteiger partial charge in [-0.2, -0.15) is 0 Å². The zero-order chi connectivity index (χ0) is 15.8. The minimum atomic E-state index is -0.290. The van der Waals surface area contributed by atoms with E-state index in [1.54, 1.807) is 17.0 Å².